The number of anilines is 1. The van der Waals surface area contributed by atoms with Gasteiger partial charge in [-0.1, -0.05) is 6.07 Å². The van der Waals surface area contributed by atoms with Gasteiger partial charge in [0.1, 0.15) is 23.7 Å². The number of nitrogens with one attached hydrogen (secondary N) is 1. The van der Waals surface area contributed by atoms with E-state index in [0.29, 0.717) is 6.07 Å². The summed E-state index contributed by atoms with van der Waals surface area (Å²) in [7, 11) is 0. The van der Waals surface area contributed by atoms with Crippen LogP contribution in [-0.4, -0.2) is 31.7 Å². The number of rotatable bonds is 6. The highest BCUT2D eigenvalue weighted by Crippen LogP contribution is 2.35. The van der Waals surface area contributed by atoms with Crippen molar-refractivity contribution in [2.45, 2.75) is 38.3 Å². The van der Waals surface area contributed by atoms with Crippen molar-refractivity contribution in [3.63, 3.8) is 0 Å². The predicted molar refractivity (Wildman–Crippen MR) is 93.7 cm³/mol. The summed E-state index contributed by atoms with van der Waals surface area (Å²) in [5, 5.41) is 17.2. The van der Waals surface area contributed by atoms with E-state index in [1.165, 1.54) is 18.4 Å². The third kappa shape index (κ3) is 4.75. The molecule has 3 rings (SSSR count). The zero-order valence-corrected chi connectivity index (χ0v) is 15.6. The highest BCUT2D eigenvalue weighted by molar-refractivity contribution is 5.53. The van der Waals surface area contributed by atoms with Crippen LogP contribution in [0.4, 0.5) is 32.2 Å². The molecule has 0 amide bonds. The standard InChI is InChI=1S/C18H16F6N4O2/c1-17(2,29)15(11-4-3-10(7-12(11)19)30-18(22,23)24)27-14-6-9(16(20)21)5-13-25-8-26-28(13)14/h3-8,15-16,27,29H,1-2H3/t15-/m0/s1. The van der Waals surface area contributed by atoms with Crippen molar-refractivity contribution in [1.29, 1.82) is 0 Å². The Balaban J connectivity index is 2.03. The summed E-state index contributed by atoms with van der Waals surface area (Å²) < 4.78 is 83.0. The minimum absolute atomic E-state index is 0.0255. The summed E-state index contributed by atoms with van der Waals surface area (Å²) in [4.78, 5) is 3.85. The lowest BCUT2D eigenvalue weighted by Gasteiger charge is -2.32. The fourth-order valence-electron chi connectivity index (χ4n) is 2.89. The Morgan fingerprint density at radius 2 is 1.83 bits per heavy atom. The Hall–Kier alpha value is -3.02. The lowest BCUT2D eigenvalue weighted by molar-refractivity contribution is -0.274. The molecule has 0 aliphatic rings. The number of nitrogens with zero attached hydrogens (tertiary/aromatic N) is 3. The molecule has 0 bridgehead atoms. The predicted octanol–water partition coefficient (Wildman–Crippen LogP) is 4.63. The summed E-state index contributed by atoms with van der Waals surface area (Å²) in [5.74, 6) is -1.91. The van der Waals surface area contributed by atoms with E-state index in [1.807, 2.05) is 0 Å². The van der Waals surface area contributed by atoms with E-state index in [0.717, 1.165) is 30.6 Å². The zero-order valence-electron chi connectivity index (χ0n) is 15.6. The molecule has 12 heteroatoms. The van der Waals surface area contributed by atoms with E-state index in [1.54, 1.807) is 0 Å². The van der Waals surface area contributed by atoms with Gasteiger partial charge in [0.2, 0.25) is 0 Å². The molecule has 2 N–H and O–H groups in total. The van der Waals surface area contributed by atoms with E-state index in [-0.39, 0.29) is 22.6 Å². The highest BCUT2D eigenvalue weighted by atomic mass is 19.4. The van der Waals surface area contributed by atoms with Crippen LogP contribution in [0.1, 0.15) is 37.4 Å². The first kappa shape index (κ1) is 21.7. The first-order chi connectivity index (χ1) is 13.8. The minimum Gasteiger partial charge on any atom is -0.406 e. The molecule has 0 saturated carbocycles. The van der Waals surface area contributed by atoms with Crippen LogP contribution in [-0.2, 0) is 0 Å². The van der Waals surface area contributed by atoms with Crippen LogP contribution < -0.4 is 10.1 Å². The number of hydrogen-bond acceptors (Lipinski definition) is 5. The second-order valence-electron chi connectivity index (χ2n) is 6.97. The van der Waals surface area contributed by atoms with E-state index >= 15 is 0 Å². The van der Waals surface area contributed by atoms with Gasteiger partial charge in [0.05, 0.1) is 11.6 Å². The third-order valence-corrected chi connectivity index (χ3v) is 4.17. The average Bonchev–Trinajstić information content (AvgIpc) is 3.06. The second-order valence-corrected chi connectivity index (χ2v) is 6.97. The van der Waals surface area contributed by atoms with Crippen molar-refractivity contribution in [1.82, 2.24) is 14.6 Å². The molecule has 6 nitrogen and oxygen atoms in total. The number of halogens is 6. The van der Waals surface area contributed by atoms with Crippen LogP contribution in [0.15, 0.2) is 36.7 Å². The average molecular weight is 434 g/mol. The van der Waals surface area contributed by atoms with E-state index in [4.69, 9.17) is 0 Å². The topological polar surface area (TPSA) is 71.7 Å². The molecular formula is C18H16F6N4O2. The Bertz CT molecular complexity index is 1050. The number of benzene rings is 1. The van der Waals surface area contributed by atoms with Crippen molar-refractivity contribution in [3.05, 3.63) is 53.6 Å². The smallest absolute Gasteiger partial charge is 0.406 e. The maximum Gasteiger partial charge on any atom is 0.573 e. The first-order valence-corrected chi connectivity index (χ1v) is 8.51. The van der Waals surface area contributed by atoms with Crippen molar-refractivity contribution in [3.8, 4) is 5.75 Å². The van der Waals surface area contributed by atoms with Gasteiger partial charge < -0.3 is 15.2 Å². The molecule has 0 saturated heterocycles. The molecule has 2 aromatic heterocycles. The number of fused-ring (bicyclic) bond motifs is 1. The number of aliphatic hydroxyl groups is 1. The van der Waals surface area contributed by atoms with Gasteiger partial charge in [0.15, 0.2) is 5.65 Å². The van der Waals surface area contributed by atoms with Gasteiger partial charge in [-0.25, -0.2) is 18.2 Å². The first-order valence-electron chi connectivity index (χ1n) is 8.51. The van der Waals surface area contributed by atoms with Crippen LogP contribution >= 0.6 is 0 Å². The maximum absolute atomic E-state index is 14.6. The fraction of sp³-hybridized carbons (Fsp3) is 0.333. The van der Waals surface area contributed by atoms with Crippen LogP contribution in [0, 0.1) is 5.82 Å². The van der Waals surface area contributed by atoms with Crippen LogP contribution in [0.25, 0.3) is 5.65 Å². The van der Waals surface area contributed by atoms with E-state index in [9.17, 15) is 31.4 Å². The molecule has 1 aromatic carbocycles. The summed E-state index contributed by atoms with van der Waals surface area (Å²) in [6, 6.07) is 3.33. The van der Waals surface area contributed by atoms with Crippen LogP contribution in [0.3, 0.4) is 0 Å². The van der Waals surface area contributed by atoms with Crippen molar-refractivity contribution >= 4 is 11.5 Å². The summed E-state index contributed by atoms with van der Waals surface area (Å²) >= 11 is 0. The molecule has 1 atom stereocenters. The normalized spacial score (nSPS) is 13.7. The zero-order chi connectivity index (χ0) is 22.3. The number of hydrogen-bond donors (Lipinski definition) is 2. The fourth-order valence-corrected chi connectivity index (χ4v) is 2.89. The Morgan fingerprint density at radius 3 is 2.40 bits per heavy atom. The SMILES string of the molecule is CC(C)(O)[C@@H](Nc1cc(C(F)F)cc2ncnn12)c1ccc(OC(F)(F)F)cc1F. The Kier molecular flexibility index (Phi) is 5.54. The van der Waals surface area contributed by atoms with Crippen LogP contribution in [0.2, 0.25) is 0 Å². The third-order valence-electron chi connectivity index (χ3n) is 4.17. The summed E-state index contributed by atoms with van der Waals surface area (Å²) in [5.41, 5.74) is -2.19. The highest BCUT2D eigenvalue weighted by Gasteiger charge is 2.34. The Morgan fingerprint density at radius 1 is 1.13 bits per heavy atom. The van der Waals surface area contributed by atoms with Gasteiger partial charge in [0, 0.05) is 17.2 Å². The molecule has 0 unspecified atom stereocenters. The van der Waals surface area contributed by atoms with Gasteiger partial charge >= 0.3 is 6.36 Å². The van der Waals surface area contributed by atoms with Crippen LogP contribution in [0.5, 0.6) is 5.75 Å². The van der Waals surface area contributed by atoms with Gasteiger partial charge in [-0.15, -0.1) is 13.2 Å². The summed E-state index contributed by atoms with van der Waals surface area (Å²) in [6.07, 6.45) is -6.71. The molecule has 0 fully saturated rings. The molecular weight excluding hydrogens is 418 g/mol. The number of alkyl halides is 5. The van der Waals surface area contributed by atoms with Crippen molar-refractivity contribution in [2.75, 3.05) is 5.32 Å². The molecule has 0 radical (unpaired) electrons. The number of aromatic nitrogens is 3. The maximum atomic E-state index is 14.6. The second kappa shape index (κ2) is 7.67. The van der Waals surface area contributed by atoms with Gasteiger partial charge in [-0.3, -0.25) is 0 Å². The minimum atomic E-state index is -5.00. The number of pyridine rings is 1. The lowest BCUT2D eigenvalue weighted by Crippen LogP contribution is -2.35. The van der Waals surface area contributed by atoms with Crippen molar-refractivity contribution < 1.29 is 36.2 Å². The van der Waals surface area contributed by atoms with E-state index in [2.05, 4.69) is 20.1 Å². The summed E-state index contributed by atoms with van der Waals surface area (Å²) in [6.45, 7) is 2.64. The van der Waals surface area contributed by atoms with Crippen molar-refractivity contribution in [2.24, 2.45) is 0 Å². The molecule has 0 aliphatic carbocycles. The Labute approximate surface area is 166 Å². The largest absolute Gasteiger partial charge is 0.573 e. The quantitative estimate of drug-likeness (QED) is 0.554. The molecule has 30 heavy (non-hydrogen) atoms. The molecule has 2 heterocycles. The molecule has 3 aromatic rings. The molecule has 0 spiro atoms. The van der Waals surface area contributed by atoms with Gasteiger partial charge in [-0.2, -0.15) is 9.61 Å². The monoisotopic (exact) mass is 434 g/mol. The number of ether oxygens (including phenoxy) is 1. The van der Waals surface area contributed by atoms with Gasteiger partial charge in [0.25, 0.3) is 6.43 Å². The van der Waals surface area contributed by atoms with E-state index < -0.39 is 36.0 Å². The van der Waals surface area contributed by atoms with Gasteiger partial charge in [-0.05, 0) is 32.0 Å². The molecule has 0 aliphatic heterocycles. The molecule has 162 valence electrons. The lowest BCUT2D eigenvalue weighted by atomic mass is 9.91.